The van der Waals surface area contributed by atoms with Gasteiger partial charge in [-0.2, -0.15) is 0 Å². The second kappa shape index (κ2) is 4.38. The maximum atomic E-state index is 12.3. The number of carbonyl (C=O) groups is 1. The van der Waals surface area contributed by atoms with E-state index in [-0.39, 0.29) is 11.3 Å². The maximum Gasteiger partial charge on any atom is 0.335 e. The van der Waals surface area contributed by atoms with Gasteiger partial charge in [-0.1, -0.05) is 12.1 Å². The van der Waals surface area contributed by atoms with Crippen molar-refractivity contribution < 1.29 is 9.90 Å². The van der Waals surface area contributed by atoms with Crippen molar-refractivity contribution in [1.82, 2.24) is 9.13 Å². The molecule has 3 aromatic rings. The van der Waals surface area contributed by atoms with E-state index in [0.717, 1.165) is 11.0 Å². The van der Waals surface area contributed by atoms with Crippen LogP contribution in [0.4, 0.5) is 0 Å². The zero-order valence-electron chi connectivity index (χ0n) is 10.8. The van der Waals surface area contributed by atoms with Gasteiger partial charge in [0.1, 0.15) is 0 Å². The number of imidazole rings is 1. The third kappa shape index (κ3) is 1.72. The molecule has 0 unspecified atom stereocenters. The van der Waals surface area contributed by atoms with Gasteiger partial charge >= 0.3 is 11.7 Å². The molecule has 0 aliphatic carbocycles. The van der Waals surface area contributed by atoms with Gasteiger partial charge in [0.25, 0.3) is 0 Å². The average Bonchev–Trinajstić information content (AvgIpc) is 2.72. The third-order valence-electron chi connectivity index (χ3n) is 3.33. The Hall–Kier alpha value is -2.82. The molecular formula is C15H12N2O3. The summed E-state index contributed by atoms with van der Waals surface area (Å²) in [6, 6.07) is 13.7. The molecule has 3 rings (SSSR count). The first-order chi connectivity index (χ1) is 9.59. The van der Waals surface area contributed by atoms with E-state index in [2.05, 4.69) is 0 Å². The van der Waals surface area contributed by atoms with Gasteiger partial charge in [-0.05, 0) is 36.4 Å². The second-order valence-corrected chi connectivity index (χ2v) is 4.52. The topological polar surface area (TPSA) is 64.2 Å². The van der Waals surface area contributed by atoms with Crippen molar-refractivity contribution in [2.45, 2.75) is 0 Å². The SMILES string of the molecule is Cn1c(=O)n(-c2ccc(C(=O)O)cc2)c2ccccc21. The molecular weight excluding hydrogens is 256 g/mol. The van der Waals surface area contributed by atoms with Crippen LogP contribution in [0.5, 0.6) is 0 Å². The summed E-state index contributed by atoms with van der Waals surface area (Å²) >= 11 is 0. The highest BCUT2D eigenvalue weighted by Gasteiger charge is 2.12. The minimum Gasteiger partial charge on any atom is -0.478 e. The molecule has 0 radical (unpaired) electrons. The molecule has 5 heteroatoms. The first kappa shape index (κ1) is 12.2. The number of rotatable bonds is 2. The van der Waals surface area contributed by atoms with Crippen LogP contribution < -0.4 is 5.69 Å². The molecule has 1 heterocycles. The lowest BCUT2D eigenvalue weighted by atomic mass is 10.2. The largest absolute Gasteiger partial charge is 0.478 e. The van der Waals surface area contributed by atoms with E-state index < -0.39 is 5.97 Å². The van der Waals surface area contributed by atoms with Gasteiger partial charge in [0.05, 0.1) is 22.3 Å². The van der Waals surface area contributed by atoms with Crippen LogP contribution in [0, 0.1) is 0 Å². The molecule has 0 bridgehead atoms. The average molecular weight is 268 g/mol. The van der Waals surface area contributed by atoms with Crippen molar-refractivity contribution in [3.63, 3.8) is 0 Å². The lowest BCUT2D eigenvalue weighted by molar-refractivity contribution is 0.0697. The fourth-order valence-corrected chi connectivity index (χ4v) is 2.30. The van der Waals surface area contributed by atoms with Crippen LogP contribution in [0.3, 0.4) is 0 Å². The Bertz CT molecular complexity index is 857. The Morgan fingerprint density at radius 2 is 1.60 bits per heavy atom. The lowest BCUT2D eigenvalue weighted by Crippen LogP contribution is -2.20. The van der Waals surface area contributed by atoms with Gasteiger partial charge in [0.15, 0.2) is 0 Å². The van der Waals surface area contributed by atoms with E-state index in [1.54, 1.807) is 28.3 Å². The minimum absolute atomic E-state index is 0.158. The summed E-state index contributed by atoms with van der Waals surface area (Å²) < 4.78 is 3.14. The van der Waals surface area contributed by atoms with Gasteiger partial charge in [0.2, 0.25) is 0 Å². The standard InChI is InChI=1S/C15H12N2O3/c1-16-12-4-2-3-5-13(12)17(15(16)20)11-8-6-10(7-9-11)14(18)19/h2-9H,1H3,(H,18,19). The van der Waals surface area contributed by atoms with Gasteiger partial charge in [0, 0.05) is 7.05 Å². The van der Waals surface area contributed by atoms with Gasteiger partial charge < -0.3 is 5.11 Å². The number of benzene rings is 2. The first-order valence-electron chi connectivity index (χ1n) is 6.10. The van der Waals surface area contributed by atoms with Crippen molar-refractivity contribution in [3.8, 4) is 5.69 Å². The number of hydrogen-bond acceptors (Lipinski definition) is 2. The van der Waals surface area contributed by atoms with E-state index in [1.165, 1.54) is 12.1 Å². The molecule has 0 spiro atoms. The van der Waals surface area contributed by atoms with Crippen LogP contribution in [0.15, 0.2) is 53.3 Å². The number of fused-ring (bicyclic) bond motifs is 1. The zero-order chi connectivity index (χ0) is 14.3. The van der Waals surface area contributed by atoms with Gasteiger partial charge in [-0.25, -0.2) is 9.59 Å². The van der Waals surface area contributed by atoms with Crippen molar-refractivity contribution in [2.24, 2.45) is 7.05 Å². The predicted octanol–water partition coefficient (Wildman–Crippen LogP) is 2.03. The fraction of sp³-hybridized carbons (Fsp3) is 0.0667. The molecule has 20 heavy (non-hydrogen) atoms. The van der Waals surface area contributed by atoms with E-state index in [1.807, 2.05) is 24.3 Å². The summed E-state index contributed by atoms with van der Waals surface area (Å²) in [7, 11) is 1.72. The maximum absolute atomic E-state index is 12.3. The fourth-order valence-electron chi connectivity index (χ4n) is 2.30. The molecule has 0 fully saturated rings. The Balaban J connectivity index is 2.27. The zero-order valence-corrected chi connectivity index (χ0v) is 10.8. The van der Waals surface area contributed by atoms with Crippen LogP contribution in [0.1, 0.15) is 10.4 Å². The molecule has 0 amide bonds. The molecule has 0 saturated carbocycles. The van der Waals surface area contributed by atoms with Crippen LogP contribution in [-0.4, -0.2) is 20.2 Å². The summed E-state index contributed by atoms with van der Waals surface area (Å²) in [4.78, 5) is 23.2. The normalized spacial score (nSPS) is 10.8. The van der Waals surface area contributed by atoms with Crippen LogP contribution in [0.2, 0.25) is 0 Å². The highest BCUT2D eigenvalue weighted by Crippen LogP contribution is 2.17. The Morgan fingerprint density at radius 3 is 2.20 bits per heavy atom. The van der Waals surface area contributed by atoms with Crippen LogP contribution >= 0.6 is 0 Å². The summed E-state index contributed by atoms with van der Waals surface area (Å²) in [5, 5.41) is 8.90. The van der Waals surface area contributed by atoms with Crippen LogP contribution in [-0.2, 0) is 7.05 Å². The third-order valence-corrected chi connectivity index (χ3v) is 3.33. The van der Waals surface area contributed by atoms with E-state index in [0.29, 0.717) is 5.69 Å². The van der Waals surface area contributed by atoms with Crippen molar-refractivity contribution in [2.75, 3.05) is 0 Å². The molecule has 0 aliphatic rings. The number of nitrogens with zero attached hydrogens (tertiary/aromatic N) is 2. The molecule has 1 N–H and O–H groups in total. The quantitative estimate of drug-likeness (QED) is 0.773. The number of hydrogen-bond donors (Lipinski definition) is 1. The minimum atomic E-state index is -0.984. The van der Waals surface area contributed by atoms with E-state index >= 15 is 0 Å². The molecule has 0 aliphatic heterocycles. The Kier molecular flexibility index (Phi) is 2.68. The Labute approximate surface area is 114 Å². The highest BCUT2D eigenvalue weighted by atomic mass is 16.4. The van der Waals surface area contributed by atoms with Crippen molar-refractivity contribution >= 4 is 17.0 Å². The second-order valence-electron chi connectivity index (χ2n) is 4.52. The molecule has 1 aromatic heterocycles. The summed E-state index contributed by atoms with van der Waals surface area (Å²) in [6.07, 6.45) is 0. The monoisotopic (exact) mass is 268 g/mol. The smallest absolute Gasteiger partial charge is 0.335 e. The number of aromatic carboxylic acids is 1. The molecule has 0 atom stereocenters. The van der Waals surface area contributed by atoms with Gasteiger partial charge in [-0.15, -0.1) is 0 Å². The van der Waals surface area contributed by atoms with Crippen molar-refractivity contribution in [1.29, 1.82) is 0 Å². The summed E-state index contributed by atoms with van der Waals surface area (Å²) in [5.41, 5.74) is 2.32. The summed E-state index contributed by atoms with van der Waals surface area (Å²) in [5.74, 6) is -0.984. The molecule has 100 valence electrons. The summed E-state index contributed by atoms with van der Waals surface area (Å²) in [6.45, 7) is 0. The molecule has 5 nitrogen and oxygen atoms in total. The number of para-hydroxylation sites is 2. The van der Waals surface area contributed by atoms with Gasteiger partial charge in [-0.3, -0.25) is 9.13 Å². The van der Waals surface area contributed by atoms with E-state index in [4.69, 9.17) is 5.11 Å². The Morgan fingerprint density at radius 1 is 1.00 bits per heavy atom. The lowest BCUT2D eigenvalue weighted by Gasteiger charge is -2.03. The molecule has 2 aromatic carbocycles. The number of aromatic nitrogens is 2. The number of carboxylic acid groups (broad SMARTS) is 1. The number of carboxylic acids is 1. The number of aryl methyl sites for hydroxylation is 1. The van der Waals surface area contributed by atoms with Crippen LogP contribution in [0.25, 0.3) is 16.7 Å². The van der Waals surface area contributed by atoms with Crippen molar-refractivity contribution in [3.05, 3.63) is 64.6 Å². The molecule has 0 saturated heterocycles. The first-order valence-corrected chi connectivity index (χ1v) is 6.10. The highest BCUT2D eigenvalue weighted by molar-refractivity contribution is 5.88. The predicted molar refractivity (Wildman–Crippen MR) is 75.5 cm³/mol. The van der Waals surface area contributed by atoms with E-state index in [9.17, 15) is 9.59 Å².